The summed E-state index contributed by atoms with van der Waals surface area (Å²) in [5, 5.41) is 6.06. The fraction of sp³-hybridized carbons (Fsp3) is 0.385. The Hall–Kier alpha value is -1.84. The average Bonchev–Trinajstić information content (AvgIpc) is 2.30. The molecular weight excluding hydrogens is 216 g/mol. The molecule has 0 aliphatic heterocycles. The molecule has 1 aromatic rings. The van der Waals surface area contributed by atoms with Crippen LogP contribution in [-0.2, 0) is 9.53 Å². The van der Waals surface area contributed by atoms with Gasteiger partial charge in [-0.2, -0.15) is 5.10 Å². The van der Waals surface area contributed by atoms with Crippen molar-refractivity contribution in [2.24, 2.45) is 5.10 Å². The van der Waals surface area contributed by atoms with Crippen LogP contribution in [0.4, 0.5) is 5.69 Å². The van der Waals surface area contributed by atoms with E-state index in [1.807, 2.05) is 44.3 Å². The number of anilines is 1. The summed E-state index contributed by atoms with van der Waals surface area (Å²) in [6.45, 7) is 4.01. The van der Waals surface area contributed by atoms with Gasteiger partial charge in [-0.25, -0.2) is 0 Å². The molecule has 0 amide bonds. The summed E-state index contributed by atoms with van der Waals surface area (Å²) in [4.78, 5) is 11.2. The summed E-state index contributed by atoms with van der Waals surface area (Å²) in [5.41, 5.74) is 1.71. The smallest absolute Gasteiger partial charge is 0.311 e. The molecule has 0 bridgehead atoms. The van der Waals surface area contributed by atoms with Gasteiger partial charge < -0.3 is 4.74 Å². The van der Waals surface area contributed by atoms with Gasteiger partial charge >= 0.3 is 5.97 Å². The summed E-state index contributed by atoms with van der Waals surface area (Å²) in [5.74, 6) is -0.241. The third-order valence-corrected chi connectivity index (χ3v) is 2.16. The summed E-state index contributed by atoms with van der Waals surface area (Å²) >= 11 is 0. The molecule has 0 radical (unpaired) electrons. The number of hydrogen-bond acceptors (Lipinski definition) is 4. The zero-order valence-corrected chi connectivity index (χ0v) is 10.5. The molecule has 0 saturated heterocycles. The predicted molar refractivity (Wildman–Crippen MR) is 69.2 cm³/mol. The van der Waals surface area contributed by atoms with E-state index in [-0.39, 0.29) is 12.4 Å². The van der Waals surface area contributed by atoms with E-state index in [2.05, 4.69) is 5.10 Å². The standard InChI is InChI=1S/C13H18N2O2/c1-4-17-13(16)10-11(2)14-15(3)12-8-6-5-7-9-12/h5-9H,4,10H2,1-3H3/b14-11-. The normalized spacial score (nSPS) is 11.1. The molecule has 0 N–H and O–H groups in total. The van der Waals surface area contributed by atoms with E-state index in [1.54, 1.807) is 11.9 Å². The molecule has 0 atom stereocenters. The van der Waals surface area contributed by atoms with Gasteiger partial charge in [0.1, 0.15) is 0 Å². The highest BCUT2D eigenvalue weighted by molar-refractivity contribution is 5.97. The lowest BCUT2D eigenvalue weighted by Crippen LogP contribution is -2.15. The molecule has 0 unspecified atom stereocenters. The third kappa shape index (κ3) is 4.68. The highest BCUT2D eigenvalue weighted by Crippen LogP contribution is 2.11. The van der Waals surface area contributed by atoms with Gasteiger partial charge in [-0.3, -0.25) is 9.80 Å². The lowest BCUT2D eigenvalue weighted by atomic mass is 10.3. The van der Waals surface area contributed by atoms with E-state index < -0.39 is 0 Å². The third-order valence-electron chi connectivity index (χ3n) is 2.16. The minimum Gasteiger partial charge on any atom is -0.466 e. The summed E-state index contributed by atoms with van der Waals surface area (Å²) in [6, 6.07) is 9.76. The van der Waals surface area contributed by atoms with E-state index in [0.29, 0.717) is 6.61 Å². The minimum absolute atomic E-state index is 0.227. The largest absolute Gasteiger partial charge is 0.466 e. The quantitative estimate of drug-likeness (QED) is 0.446. The highest BCUT2D eigenvalue weighted by atomic mass is 16.5. The number of hydrogen-bond donors (Lipinski definition) is 0. The van der Waals surface area contributed by atoms with Gasteiger partial charge in [0.2, 0.25) is 0 Å². The molecule has 0 heterocycles. The molecule has 0 saturated carbocycles. The Morgan fingerprint density at radius 3 is 2.59 bits per heavy atom. The Morgan fingerprint density at radius 1 is 1.35 bits per heavy atom. The zero-order valence-electron chi connectivity index (χ0n) is 10.5. The summed E-state index contributed by atoms with van der Waals surface area (Å²) in [7, 11) is 1.85. The van der Waals surface area contributed by atoms with Gasteiger partial charge in [-0.1, -0.05) is 18.2 Å². The van der Waals surface area contributed by atoms with E-state index in [0.717, 1.165) is 11.4 Å². The Morgan fingerprint density at radius 2 is 2.00 bits per heavy atom. The number of ether oxygens (including phenoxy) is 1. The van der Waals surface area contributed by atoms with Crippen molar-refractivity contribution >= 4 is 17.4 Å². The second-order valence-corrected chi connectivity index (χ2v) is 3.68. The van der Waals surface area contributed by atoms with Gasteiger partial charge in [0, 0.05) is 12.8 Å². The number of esters is 1. The van der Waals surface area contributed by atoms with Crippen LogP contribution in [0.2, 0.25) is 0 Å². The molecule has 4 nitrogen and oxygen atoms in total. The molecule has 92 valence electrons. The van der Waals surface area contributed by atoms with Crippen molar-refractivity contribution in [2.45, 2.75) is 20.3 Å². The highest BCUT2D eigenvalue weighted by Gasteiger charge is 2.05. The van der Waals surface area contributed by atoms with Crippen molar-refractivity contribution in [1.29, 1.82) is 0 Å². The van der Waals surface area contributed by atoms with Crippen LogP contribution in [0.15, 0.2) is 35.4 Å². The van der Waals surface area contributed by atoms with Crippen LogP contribution in [-0.4, -0.2) is 25.3 Å². The van der Waals surface area contributed by atoms with E-state index >= 15 is 0 Å². The minimum atomic E-state index is -0.241. The molecule has 4 heteroatoms. The number of hydrazone groups is 1. The topological polar surface area (TPSA) is 41.9 Å². The van der Waals surface area contributed by atoms with Crippen LogP contribution >= 0.6 is 0 Å². The van der Waals surface area contributed by atoms with E-state index in [9.17, 15) is 4.79 Å². The van der Waals surface area contributed by atoms with Crippen LogP contribution in [0.3, 0.4) is 0 Å². The van der Waals surface area contributed by atoms with Crippen molar-refractivity contribution in [3.8, 4) is 0 Å². The first-order valence-electron chi connectivity index (χ1n) is 5.62. The lowest BCUT2D eigenvalue weighted by molar-refractivity contribution is -0.141. The van der Waals surface area contributed by atoms with Crippen LogP contribution in [0.5, 0.6) is 0 Å². The maximum atomic E-state index is 11.2. The molecule has 0 aliphatic rings. The zero-order chi connectivity index (χ0) is 12.7. The SMILES string of the molecule is CCOC(=O)C/C(C)=N\N(C)c1ccccc1. The molecule has 0 spiro atoms. The van der Waals surface area contributed by atoms with Crippen molar-refractivity contribution in [1.82, 2.24) is 0 Å². The van der Waals surface area contributed by atoms with Crippen molar-refractivity contribution in [3.05, 3.63) is 30.3 Å². The lowest BCUT2D eigenvalue weighted by Gasteiger charge is -2.14. The first kappa shape index (κ1) is 13.2. The Balaban J connectivity index is 2.59. The molecular formula is C13H18N2O2. The second kappa shape index (κ2) is 6.68. The van der Waals surface area contributed by atoms with Crippen LogP contribution < -0.4 is 5.01 Å². The van der Waals surface area contributed by atoms with Crippen molar-refractivity contribution in [2.75, 3.05) is 18.7 Å². The van der Waals surface area contributed by atoms with Crippen LogP contribution in [0.25, 0.3) is 0 Å². The number of para-hydroxylation sites is 1. The molecule has 0 aliphatic carbocycles. The number of rotatable bonds is 5. The first-order chi connectivity index (χ1) is 8.13. The number of carbonyl (C=O) groups is 1. The van der Waals surface area contributed by atoms with Crippen molar-refractivity contribution < 1.29 is 9.53 Å². The first-order valence-corrected chi connectivity index (χ1v) is 5.62. The average molecular weight is 234 g/mol. The number of carbonyl (C=O) groups excluding carboxylic acids is 1. The monoisotopic (exact) mass is 234 g/mol. The van der Waals surface area contributed by atoms with Crippen LogP contribution in [0, 0.1) is 0 Å². The van der Waals surface area contributed by atoms with E-state index in [4.69, 9.17) is 4.74 Å². The molecule has 1 aromatic carbocycles. The predicted octanol–water partition coefficient (Wildman–Crippen LogP) is 2.45. The van der Waals surface area contributed by atoms with Crippen LogP contribution in [0.1, 0.15) is 20.3 Å². The molecule has 17 heavy (non-hydrogen) atoms. The van der Waals surface area contributed by atoms with Gasteiger partial charge in [-0.15, -0.1) is 0 Å². The van der Waals surface area contributed by atoms with Gasteiger partial charge in [0.05, 0.1) is 18.7 Å². The number of benzene rings is 1. The van der Waals surface area contributed by atoms with Gasteiger partial charge in [0.25, 0.3) is 0 Å². The Labute approximate surface area is 102 Å². The number of nitrogens with zero attached hydrogens (tertiary/aromatic N) is 2. The fourth-order valence-corrected chi connectivity index (χ4v) is 1.41. The fourth-order valence-electron chi connectivity index (χ4n) is 1.41. The maximum absolute atomic E-state index is 11.2. The second-order valence-electron chi connectivity index (χ2n) is 3.68. The van der Waals surface area contributed by atoms with Crippen molar-refractivity contribution in [3.63, 3.8) is 0 Å². The Bertz CT molecular complexity index is 388. The molecule has 1 rings (SSSR count). The van der Waals surface area contributed by atoms with E-state index in [1.165, 1.54) is 0 Å². The summed E-state index contributed by atoms with van der Waals surface area (Å²) < 4.78 is 4.86. The maximum Gasteiger partial charge on any atom is 0.311 e. The Kier molecular flexibility index (Phi) is 5.20. The molecule has 0 aromatic heterocycles. The molecule has 0 fully saturated rings. The van der Waals surface area contributed by atoms with Gasteiger partial charge in [-0.05, 0) is 26.0 Å². The summed E-state index contributed by atoms with van der Waals surface area (Å²) in [6.07, 6.45) is 0.227. The van der Waals surface area contributed by atoms with Gasteiger partial charge in [0.15, 0.2) is 0 Å².